The van der Waals surface area contributed by atoms with Crippen LogP contribution < -0.4 is 5.32 Å². The summed E-state index contributed by atoms with van der Waals surface area (Å²) in [4.78, 5) is 0. The molecular formula is C12H16ClNO. The smallest absolute Gasteiger partial charge is 0.0443 e. The Balaban J connectivity index is 2.02. The van der Waals surface area contributed by atoms with Gasteiger partial charge in [0.25, 0.3) is 0 Å². The summed E-state index contributed by atoms with van der Waals surface area (Å²) in [5, 5.41) is 13.0. The monoisotopic (exact) mass is 225 g/mol. The minimum Gasteiger partial charge on any atom is -0.396 e. The van der Waals surface area contributed by atoms with Crippen molar-refractivity contribution in [3.63, 3.8) is 0 Å². The summed E-state index contributed by atoms with van der Waals surface area (Å²) in [5.74, 6) is 0. The molecule has 0 aliphatic heterocycles. The van der Waals surface area contributed by atoms with Crippen LogP contribution in [0.15, 0.2) is 18.2 Å². The van der Waals surface area contributed by atoms with E-state index in [1.54, 1.807) is 0 Å². The Morgan fingerprint density at radius 2 is 2.33 bits per heavy atom. The van der Waals surface area contributed by atoms with Crippen LogP contribution in [0, 0.1) is 0 Å². The van der Waals surface area contributed by atoms with Crippen LogP contribution in [0.1, 0.15) is 30.0 Å². The van der Waals surface area contributed by atoms with E-state index in [1.807, 2.05) is 6.07 Å². The molecule has 1 aromatic carbocycles. The lowest BCUT2D eigenvalue weighted by atomic mass is 10.1. The lowest BCUT2D eigenvalue weighted by Gasteiger charge is -2.13. The Morgan fingerprint density at radius 1 is 1.47 bits per heavy atom. The fourth-order valence-corrected chi connectivity index (χ4v) is 2.35. The van der Waals surface area contributed by atoms with Crippen molar-refractivity contribution in [1.29, 1.82) is 0 Å². The Morgan fingerprint density at radius 3 is 3.13 bits per heavy atom. The lowest BCUT2D eigenvalue weighted by molar-refractivity contribution is 0.283. The van der Waals surface area contributed by atoms with Crippen LogP contribution in [-0.4, -0.2) is 18.3 Å². The molecule has 0 unspecified atom stereocenters. The largest absolute Gasteiger partial charge is 0.396 e. The summed E-state index contributed by atoms with van der Waals surface area (Å²) in [6.07, 6.45) is 3.06. The maximum atomic E-state index is 8.71. The number of halogens is 1. The molecule has 3 heteroatoms. The number of aliphatic hydroxyl groups is 1. The van der Waals surface area contributed by atoms with Gasteiger partial charge in [0.05, 0.1) is 0 Å². The Kier molecular flexibility index (Phi) is 3.62. The van der Waals surface area contributed by atoms with Crippen LogP contribution in [0.25, 0.3) is 0 Å². The average molecular weight is 226 g/mol. The number of benzene rings is 1. The van der Waals surface area contributed by atoms with Crippen molar-refractivity contribution in [2.45, 2.75) is 25.3 Å². The summed E-state index contributed by atoms with van der Waals surface area (Å²) in [7, 11) is 0. The third kappa shape index (κ3) is 2.51. The quantitative estimate of drug-likeness (QED) is 0.771. The molecule has 0 spiro atoms. The van der Waals surface area contributed by atoms with Crippen LogP contribution in [-0.2, 0) is 6.42 Å². The van der Waals surface area contributed by atoms with Gasteiger partial charge in [-0.05, 0) is 49.1 Å². The maximum Gasteiger partial charge on any atom is 0.0443 e. The van der Waals surface area contributed by atoms with E-state index in [0.717, 1.165) is 30.8 Å². The number of hydrogen-bond acceptors (Lipinski definition) is 2. The highest BCUT2D eigenvalue weighted by atomic mass is 35.5. The first-order valence-electron chi connectivity index (χ1n) is 5.44. The second kappa shape index (κ2) is 4.97. The summed E-state index contributed by atoms with van der Waals surface area (Å²) < 4.78 is 0. The molecule has 0 saturated heterocycles. The van der Waals surface area contributed by atoms with Gasteiger partial charge in [0, 0.05) is 17.7 Å². The van der Waals surface area contributed by atoms with Gasteiger partial charge in [-0.2, -0.15) is 0 Å². The Labute approximate surface area is 95.3 Å². The molecule has 1 aliphatic carbocycles. The van der Waals surface area contributed by atoms with Crippen molar-refractivity contribution < 1.29 is 5.11 Å². The van der Waals surface area contributed by atoms with Crippen LogP contribution in [0.2, 0.25) is 5.02 Å². The summed E-state index contributed by atoms with van der Waals surface area (Å²) >= 11 is 5.94. The Hall–Kier alpha value is -0.570. The van der Waals surface area contributed by atoms with E-state index in [-0.39, 0.29) is 6.61 Å². The zero-order valence-electron chi connectivity index (χ0n) is 8.67. The predicted molar refractivity (Wildman–Crippen MR) is 62.2 cm³/mol. The van der Waals surface area contributed by atoms with Crippen molar-refractivity contribution in [2.24, 2.45) is 0 Å². The first-order chi connectivity index (χ1) is 7.31. The van der Waals surface area contributed by atoms with Gasteiger partial charge in [-0.3, -0.25) is 0 Å². The van der Waals surface area contributed by atoms with E-state index < -0.39 is 0 Å². The van der Waals surface area contributed by atoms with Gasteiger partial charge in [0.15, 0.2) is 0 Å². The van der Waals surface area contributed by atoms with Gasteiger partial charge in [-0.25, -0.2) is 0 Å². The normalized spacial score (nSPS) is 19.2. The second-order valence-electron chi connectivity index (χ2n) is 3.97. The zero-order valence-corrected chi connectivity index (χ0v) is 9.43. The molecule has 0 radical (unpaired) electrons. The van der Waals surface area contributed by atoms with Crippen LogP contribution in [0.3, 0.4) is 0 Å². The first-order valence-corrected chi connectivity index (χ1v) is 5.81. The molecule has 82 valence electrons. The van der Waals surface area contributed by atoms with Crippen molar-refractivity contribution in [2.75, 3.05) is 13.2 Å². The standard InChI is InChI=1S/C12H16ClNO/c13-10-3-4-11-9(8-10)2-5-12(11)14-6-1-7-15/h3-4,8,12,14-15H,1-2,5-7H2/t12-/m0/s1. The molecular weight excluding hydrogens is 210 g/mol. The maximum absolute atomic E-state index is 8.71. The van der Waals surface area contributed by atoms with E-state index in [4.69, 9.17) is 16.7 Å². The van der Waals surface area contributed by atoms with Crippen LogP contribution in [0.4, 0.5) is 0 Å². The predicted octanol–water partition coefficient (Wildman–Crippen LogP) is 2.30. The summed E-state index contributed by atoms with van der Waals surface area (Å²) in [5.41, 5.74) is 2.74. The van der Waals surface area contributed by atoms with E-state index >= 15 is 0 Å². The average Bonchev–Trinajstić information content (AvgIpc) is 2.61. The van der Waals surface area contributed by atoms with E-state index in [0.29, 0.717) is 6.04 Å². The summed E-state index contributed by atoms with van der Waals surface area (Å²) in [6, 6.07) is 6.57. The molecule has 1 atom stereocenters. The van der Waals surface area contributed by atoms with Crippen LogP contribution >= 0.6 is 11.6 Å². The molecule has 2 rings (SSSR count). The Bertz CT molecular complexity index is 340. The van der Waals surface area contributed by atoms with Gasteiger partial charge in [0.2, 0.25) is 0 Å². The highest BCUT2D eigenvalue weighted by Crippen LogP contribution is 2.32. The molecule has 2 nitrogen and oxygen atoms in total. The molecule has 0 aromatic heterocycles. The molecule has 0 bridgehead atoms. The zero-order chi connectivity index (χ0) is 10.7. The number of fused-ring (bicyclic) bond motifs is 1. The van der Waals surface area contributed by atoms with Gasteiger partial charge in [0.1, 0.15) is 0 Å². The molecule has 1 aliphatic rings. The molecule has 0 fully saturated rings. The number of nitrogens with one attached hydrogen (secondary N) is 1. The molecule has 0 heterocycles. The first kappa shape index (κ1) is 10.9. The lowest BCUT2D eigenvalue weighted by Crippen LogP contribution is -2.21. The van der Waals surface area contributed by atoms with Gasteiger partial charge in [-0.15, -0.1) is 0 Å². The topological polar surface area (TPSA) is 32.3 Å². The van der Waals surface area contributed by atoms with E-state index in [9.17, 15) is 0 Å². The molecule has 0 saturated carbocycles. The van der Waals surface area contributed by atoms with Gasteiger partial charge < -0.3 is 10.4 Å². The number of aliphatic hydroxyl groups excluding tert-OH is 1. The highest BCUT2D eigenvalue weighted by molar-refractivity contribution is 6.30. The third-order valence-electron chi connectivity index (χ3n) is 2.91. The second-order valence-corrected chi connectivity index (χ2v) is 4.40. The number of hydrogen-bond donors (Lipinski definition) is 2. The van der Waals surface area contributed by atoms with Crippen LogP contribution in [0.5, 0.6) is 0 Å². The minimum atomic E-state index is 0.257. The molecule has 15 heavy (non-hydrogen) atoms. The fraction of sp³-hybridized carbons (Fsp3) is 0.500. The molecule has 0 amide bonds. The van der Waals surface area contributed by atoms with Crippen molar-refractivity contribution in [3.8, 4) is 0 Å². The SMILES string of the molecule is OCCCN[C@H]1CCc2cc(Cl)ccc21. The number of rotatable bonds is 4. The van der Waals surface area contributed by atoms with E-state index in [2.05, 4.69) is 17.4 Å². The summed E-state index contributed by atoms with van der Waals surface area (Å²) in [6.45, 7) is 1.14. The molecule has 2 N–H and O–H groups in total. The highest BCUT2D eigenvalue weighted by Gasteiger charge is 2.21. The van der Waals surface area contributed by atoms with E-state index in [1.165, 1.54) is 11.1 Å². The van der Waals surface area contributed by atoms with Crippen molar-refractivity contribution in [1.82, 2.24) is 5.32 Å². The van der Waals surface area contributed by atoms with Crippen molar-refractivity contribution >= 4 is 11.6 Å². The third-order valence-corrected chi connectivity index (χ3v) is 3.14. The number of aryl methyl sites for hydroxylation is 1. The van der Waals surface area contributed by atoms with Gasteiger partial charge >= 0.3 is 0 Å². The van der Waals surface area contributed by atoms with Gasteiger partial charge in [-0.1, -0.05) is 17.7 Å². The van der Waals surface area contributed by atoms with Crippen molar-refractivity contribution in [3.05, 3.63) is 34.3 Å². The molecule has 1 aromatic rings. The fourth-order valence-electron chi connectivity index (χ4n) is 2.15. The minimum absolute atomic E-state index is 0.257.